The van der Waals surface area contributed by atoms with Gasteiger partial charge in [0.05, 0.1) is 5.69 Å². The minimum absolute atomic E-state index is 0.762. The summed E-state index contributed by atoms with van der Waals surface area (Å²) in [6, 6.07) is 2.20. The first kappa shape index (κ1) is 8.79. The molecule has 13 heavy (non-hydrogen) atoms. The Bertz CT molecular complexity index is 259. The van der Waals surface area contributed by atoms with E-state index < -0.39 is 0 Å². The molecule has 0 spiro atoms. The molecule has 72 valence electrons. The lowest BCUT2D eigenvalue weighted by Crippen LogP contribution is -2.00. The van der Waals surface area contributed by atoms with E-state index in [2.05, 4.69) is 29.0 Å². The van der Waals surface area contributed by atoms with E-state index in [0.717, 1.165) is 12.5 Å². The van der Waals surface area contributed by atoms with Crippen molar-refractivity contribution in [3.05, 3.63) is 18.0 Å². The third-order valence-corrected chi connectivity index (χ3v) is 2.89. The molecule has 0 aromatic carbocycles. The number of hydrogen-bond acceptors (Lipinski definition) is 1. The Morgan fingerprint density at radius 2 is 2.23 bits per heavy atom. The average Bonchev–Trinajstić information content (AvgIpc) is 2.70. The summed E-state index contributed by atoms with van der Waals surface area (Å²) in [6.45, 7) is 3.25. The standard InChI is InChI=1S/C11H18N2/c1-2-8-13-9-7-11(12-13)10-5-3-4-6-10/h7,9-10H,2-6,8H2,1H3. The van der Waals surface area contributed by atoms with E-state index in [-0.39, 0.29) is 0 Å². The van der Waals surface area contributed by atoms with Gasteiger partial charge in [0.1, 0.15) is 0 Å². The van der Waals surface area contributed by atoms with Crippen LogP contribution in [0.1, 0.15) is 50.6 Å². The summed E-state index contributed by atoms with van der Waals surface area (Å²) in [5.41, 5.74) is 1.32. The van der Waals surface area contributed by atoms with Gasteiger partial charge in [-0.3, -0.25) is 4.68 Å². The lowest BCUT2D eigenvalue weighted by molar-refractivity contribution is 0.577. The quantitative estimate of drug-likeness (QED) is 0.695. The number of aryl methyl sites for hydroxylation is 1. The van der Waals surface area contributed by atoms with Crippen LogP contribution >= 0.6 is 0 Å². The first-order chi connectivity index (χ1) is 6.40. The summed E-state index contributed by atoms with van der Waals surface area (Å²) in [4.78, 5) is 0. The third-order valence-electron chi connectivity index (χ3n) is 2.89. The molecule has 1 aliphatic rings. The molecule has 0 aliphatic heterocycles. The van der Waals surface area contributed by atoms with Crippen molar-refractivity contribution in [3.63, 3.8) is 0 Å². The Balaban J connectivity index is 2.03. The second-order valence-electron chi connectivity index (χ2n) is 3.99. The van der Waals surface area contributed by atoms with Gasteiger partial charge >= 0.3 is 0 Å². The summed E-state index contributed by atoms with van der Waals surface area (Å²) < 4.78 is 2.08. The minimum Gasteiger partial charge on any atom is -0.272 e. The molecule has 0 radical (unpaired) electrons. The van der Waals surface area contributed by atoms with Gasteiger partial charge in [-0.2, -0.15) is 5.10 Å². The second-order valence-corrected chi connectivity index (χ2v) is 3.99. The zero-order valence-corrected chi connectivity index (χ0v) is 8.37. The first-order valence-corrected chi connectivity index (χ1v) is 5.43. The highest BCUT2D eigenvalue weighted by Gasteiger charge is 2.18. The topological polar surface area (TPSA) is 17.8 Å². The maximum atomic E-state index is 4.60. The van der Waals surface area contributed by atoms with Crippen LogP contribution in [0.4, 0.5) is 0 Å². The summed E-state index contributed by atoms with van der Waals surface area (Å²) >= 11 is 0. The Morgan fingerprint density at radius 3 is 2.92 bits per heavy atom. The van der Waals surface area contributed by atoms with Gasteiger partial charge in [0.2, 0.25) is 0 Å². The zero-order valence-electron chi connectivity index (χ0n) is 8.37. The van der Waals surface area contributed by atoms with Gasteiger partial charge in [0.25, 0.3) is 0 Å². The van der Waals surface area contributed by atoms with Gasteiger partial charge in [-0.15, -0.1) is 0 Å². The number of nitrogens with zero attached hydrogens (tertiary/aromatic N) is 2. The maximum Gasteiger partial charge on any atom is 0.0655 e. The summed E-state index contributed by atoms with van der Waals surface area (Å²) in [5, 5.41) is 4.60. The highest BCUT2D eigenvalue weighted by molar-refractivity contribution is 5.07. The van der Waals surface area contributed by atoms with E-state index >= 15 is 0 Å². The molecule has 2 nitrogen and oxygen atoms in total. The second kappa shape index (κ2) is 3.95. The fourth-order valence-electron chi connectivity index (χ4n) is 2.17. The largest absolute Gasteiger partial charge is 0.272 e. The van der Waals surface area contributed by atoms with E-state index in [4.69, 9.17) is 0 Å². The van der Waals surface area contributed by atoms with Crippen LogP contribution in [-0.4, -0.2) is 9.78 Å². The molecular weight excluding hydrogens is 160 g/mol. The molecule has 1 aliphatic carbocycles. The number of hydrogen-bond donors (Lipinski definition) is 0. The molecule has 0 atom stereocenters. The van der Waals surface area contributed by atoms with E-state index in [0.29, 0.717) is 0 Å². The van der Waals surface area contributed by atoms with Crippen LogP contribution < -0.4 is 0 Å². The van der Waals surface area contributed by atoms with Crippen molar-refractivity contribution in [3.8, 4) is 0 Å². The van der Waals surface area contributed by atoms with Crippen molar-refractivity contribution >= 4 is 0 Å². The SMILES string of the molecule is CCCn1ccc(C2CCCC2)n1. The monoisotopic (exact) mass is 178 g/mol. The van der Waals surface area contributed by atoms with Gasteiger partial charge in [-0.1, -0.05) is 19.8 Å². The zero-order chi connectivity index (χ0) is 9.10. The Labute approximate surface area is 80.0 Å². The summed E-state index contributed by atoms with van der Waals surface area (Å²) in [5.74, 6) is 0.762. The van der Waals surface area contributed by atoms with E-state index in [1.54, 1.807) is 0 Å². The predicted octanol–water partition coefficient (Wildman–Crippen LogP) is 2.95. The fraction of sp³-hybridized carbons (Fsp3) is 0.727. The van der Waals surface area contributed by atoms with Crippen molar-refractivity contribution < 1.29 is 0 Å². The Kier molecular flexibility index (Phi) is 2.67. The highest BCUT2D eigenvalue weighted by Crippen LogP contribution is 2.32. The molecule has 1 aromatic heterocycles. The average molecular weight is 178 g/mol. The van der Waals surface area contributed by atoms with Crippen LogP contribution in [0.5, 0.6) is 0 Å². The van der Waals surface area contributed by atoms with Crippen molar-refractivity contribution in [1.82, 2.24) is 9.78 Å². The van der Waals surface area contributed by atoms with E-state index in [1.807, 2.05) is 0 Å². The number of aromatic nitrogens is 2. The molecule has 1 fully saturated rings. The molecule has 2 rings (SSSR count). The molecule has 0 bridgehead atoms. The molecule has 1 saturated carbocycles. The lowest BCUT2D eigenvalue weighted by atomic mass is 10.1. The lowest BCUT2D eigenvalue weighted by Gasteiger charge is -2.03. The smallest absolute Gasteiger partial charge is 0.0655 e. The molecule has 1 aromatic rings. The summed E-state index contributed by atoms with van der Waals surface area (Å²) in [7, 11) is 0. The Morgan fingerprint density at radius 1 is 1.46 bits per heavy atom. The summed E-state index contributed by atoms with van der Waals surface area (Å²) in [6.07, 6.45) is 8.78. The maximum absolute atomic E-state index is 4.60. The molecule has 1 heterocycles. The molecule has 0 N–H and O–H groups in total. The van der Waals surface area contributed by atoms with Crippen LogP contribution in [0.15, 0.2) is 12.3 Å². The van der Waals surface area contributed by atoms with Crippen molar-refractivity contribution in [2.24, 2.45) is 0 Å². The van der Waals surface area contributed by atoms with Crippen molar-refractivity contribution in [2.75, 3.05) is 0 Å². The van der Waals surface area contributed by atoms with Crippen LogP contribution in [0.25, 0.3) is 0 Å². The molecule has 0 unspecified atom stereocenters. The van der Waals surface area contributed by atoms with Crippen molar-refractivity contribution in [2.45, 2.75) is 51.5 Å². The van der Waals surface area contributed by atoms with Gasteiger partial charge in [-0.05, 0) is 25.3 Å². The van der Waals surface area contributed by atoms with Gasteiger partial charge in [-0.25, -0.2) is 0 Å². The van der Waals surface area contributed by atoms with Crippen LogP contribution in [-0.2, 0) is 6.54 Å². The van der Waals surface area contributed by atoms with E-state index in [9.17, 15) is 0 Å². The fourth-order valence-corrected chi connectivity index (χ4v) is 2.17. The van der Waals surface area contributed by atoms with E-state index in [1.165, 1.54) is 37.8 Å². The van der Waals surface area contributed by atoms with Gasteiger partial charge < -0.3 is 0 Å². The predicted molar refractivity (Wildman–Crippen MR) is 53.7 cm³/mol. The van der Waals surface area contributed by atoms with Crippen LogP contribution in [0, 0.1) is 0 Å². The Hall–Kier alpha value is -0.790. The minimum atomic E-state index is 0.762. The third kappa shape index (κ3) is 1.93. The normalized spacial score (nSPS) is 18.2. The molecular formula is C11H18N2. The van der Waals surface area contributed by atoms with Crippen LogP contribution in [0.2, 0.25) is 0 Å². The van der Waals surface area contributed by atoms with Crippen LogP contribution in [0.3, 0.4) is 0 Å². The first-order valence-electron chi connectivity index (χ1n) is 5.43. The molecule has 0 saturated heterocycles. The molecule has 2 heteroatoms. The van der Waals surface area contributed by atoms with Gasteiger partial charge in [0, 0.05) is 18.7 Å². The number of rotatable bonds is 3. The van der Waals surface area contributed by atoms with Crippen molar-refractivity contribution in [1.29, 1.82) is 0 Å². The molecule has 0 amide bonds. The van der Waals surface area contributed by atoms with Gasteiger partial charge in [0.15, 0.2) is 0 Å². The highest BCUT2D eigenvalue weighted by atomic mass is 15.3.